The minimum absolute atomic E-state index is 0.213. The fraction of sp³-hybridized carbons (Fsp3) is 0.333. The topological polar surface area (TPSA) is 125 Å². The summed E-state index contributed by atoms with van der Waals surface area (Å²) in [5, 5.41) is 16.7. The molecular formula is C24H27N3O5. The van der Waals surface area contributed by atoms with E-state index in [4.69, 9.17) is 10.2 Å². The molecule has 1 aliphatic carbocycles. The van der Waals surface area contributed by atoms with Gasteiger partial charge in [-0.25, -0.2) is 14.6 Å². The average molecular weight is 437 g/mol. The zero-order valence-electron chi connectivity index (χ0n) is 18.0. The molecule has 0 unspecified atom stereocenters. The molecule has 168 valence electrons. The Morgan fingerprint density at radius 3 is 2.38 bits per heavy atom. The van der Waals surface area contributed by atoms with Crippen molar-refractivity contribution in [1.29, 1.82) is 0 Å². The molecule has 3 aromatic rings. The van der Waals surface area contributed by atoms with E-state index in [0.29, 0.717) is 31.0 Å². The van der Waals surface area contributed by atoms with Gasteiger partial charge >= 0.3 is 11.9 Å². The van der Waals surface area contributed by atoms with E-state index in [2.05, 4.69) is 38.9 Å². The van der Waals surface area contributed by atoms with Gasteiger partial charge in [0.15, 0.2) is 5.78 Å². The van der Waals surface area contributed by atoms with Crippen LogP contribution in [0.1, 0.15) is 59.9 Å². The molecule has 0 radical (unpaired) electrons. The summed E-state index contributed by atoms with van der Waals surface area (Å²) in [6.07, 6.45) is 11.1. The number of benzene rings is 1. The predicted molar refractivity (Wildman–Crippen MR) is 120 cm³/mol. The lowest BCUT2D eigenvalue weighted by Gasteiger charge is -2.12. The molecule has 1 aromatic carbocycles. The second kappa shape index (κ2) is 10.6. The monoisotopic (exact) mass is 437 g/mol. The second-order valence-electron chi connectivity index (χ2n) is 7.81. The maximum Gasteiger partial charge on any atom is 0.328 e. The number of nitrogens with zero attached hydrogens (tertiary/aromatic N) is 2. The van der Waals surface area contributed by atoms with E-state index in [9.17, 15) is 14.4 Å². The smallest absolute Gasteiger partial charge is 0.328 e. The molecule has 8 heteroatoms. The number of carbonyl (C=O) groups is 3. The maximum atomic E-state index is 12.8. The third-order valence-corrected chi connectivity index (χ3v) is 5.65. The Morgan fingerprint density at radius 2 is 1.78 bits per heavy atom. The zero-order chi connectivity index (χ0) is 23.1. The fourth-order valence-electron chi connectivity index (χ4n) is 4.06. The minimum Gasteiger partial charge on any atom is -0.478 e. The summed E-state index contributed by atoms with van der Waals surface area (Å²) in [4.78, 5) is 39.3. The van der Waals surface area contributed by atoms with Gasteiger partial charge < -0.3 is 19.8 Å². The van der Waals surface area contributed by atoms with Crippen LogP contribution < -0.4 is 0 Å². The van der Waals surface area contributed by atoms with Gasteiger partial charge in [-0.2, -0.15) is 0 Å². The van der Waals surface area contributed by atoms with Crippen LogP contribution in [0, 0.1) is 6.92 Å². The van der Waals surface area contributed by atoms with Crippen molar-refractivity contribution in [3.63, 3.8) is 0 Å². The third-order valence-electron chi connectivity index (χ3n) is 5.65. The van der Waals surface area contributed by atoms with Crippen LogP contribution in [-0.2, 0) is 16.0 Å². The van der Waals surface area contributed by atoms with Gasteiger partial charge in [-0.3, -0.25) is 4.79 Å². The van der Waals surface area contributed by atoms with E-state index in [1.807, 2.05) is 13.0 Å². The van der Waals surface area contributed by atoms with Crippen LogP contribution in [0.3, 0.4) is 0 Å². The number of ketones is 1. The highest BCUT2D eigenvalue weighted by molar-refractivity contribution is 6.08. The lowest BCUT2D eigenvalue weighted by atomic mass is 10.0. The number of carbonyl (C=O) groups excluding carboxylic acids is 1. The Balaban J connectivity index is 0.000000312. The lowest BCUT2D eigenvalue weighted by Crippen LogP contribution is -2.04. The first kappa shape index (κ1) is 23.0. The van der Waals surface area contributed by atoms with Crippen LogP contribution in [0.5, 0.6) is 0 Å². The summed E-state index contributed by atoms with van der Waals surface area (Å²) in [5.41, 5.74) is 4.11. The third kappa shape index (κ3) is 5.72. The van der Waals surface area contributed by atoms with Gasteiger partial charge in [0.2, 0.25) is 0 Å². The number of aromatic amines is 1. The van der Waals surface area contributed by atoms with Gasteiger partial charge in [0.05, 0.1) is 12.0 Å². The van der Waals surface area contributed by atoms with Crippen molar-refractivity contribution in [2.75, 3.05) is 0 Å². The van der Waals surface area contributed by atoms with Crippen molar-refractivity contribution >= 4 is 28.6 Å². The molecule has 0 bridgehead atoms. The van der Waals surface area contributed by atoms with Crippen molar-refractivity contribution in [2.24, 2.45) is 0 Å². The van der Waals surface area contributed by atoms with E-state index in [1.165, 1.54) is 31.2 Å². The summed E-state index contributed by atoms with van der Waals surface area (Å²) >= 11 is 0. The number of carboxylic acid groups (broad SMARTS) is 2. The van der Waals surface area contributed by atoms with E-state index in [1.54, 1.807) is 6.33 Å². The first-order chi connectivity index (χ1) is 15.4. The van der Waals surface area contributed by atoms with Crippen molar-refractivity contribution < 1.29 is 24.6 Å². The van der Waals surface area contributed by atoms with E-state index in [-0.39, 0.29) is 5.78 Å². The highest BCUT2D eigenvalue weighted by Crippen LogP contribution is 2.34. The Hall–Kier alpha value is -3.68. The van der Waals surface area contributed by atoms with Crippen LogP contribution in [0.4, 0.5) is 0 Å². The number of para-hydroxylation sites is 1. The Labute approximate surface area is 185 Å². The highest BCUT2D eigenvalue weighted by Gasteiger charge is 2.22. The standard InChI is InChI=1S/C20H23N3O.C4H4O4/c1-14-18(22-13-21-14)10-11-20(24)17-12-23(15-6-2-3-7-15)19-9-5-4-8-16(17)19;5-3(6)1-2-4(7)8/h4-5,8-9,12-13,15H,2-3,6-7,10-11H2,1H3,(H,21,22);1-2H,(H,5,6)(H,7,8). The summed E-state index contributed by atoms with van der Waals surface area (Å²) < 4.78 is 2.34. The number of rotatable bonds is 7. The Morgan fingerprint density at radius 1 is 1.12 bits per heavy atom. The first-order valence-corrected chi connectivity index (χ1v) is 10.6. The molecule has 2 aromatic heterocycles. The van der Waals surface area contributed by atoms with Gasteiger partial charge in [0.25, 0.3) is 0 Å². The van der Waals surface area contributed by atoms with Crippen LogP contribution in [0.25, 0.3) is 10.9 Å². The zero-order valence-corrected chi connectivity index (χ0v) is 18.0. The number of aryl methyl sites for hydroxylation is 2. The molecule has 0 saturated heterocycles. The molecule has 0 atom stereocenters. The molecule has 4 rings (SSSR count). The number of carboxylic acids is 2. The predicted octanol–water partition coefficient (Wildman–Crippen LogP) is 4.32. The number of fused-ring (bicyclic) bond motifs is 1. The van der Waals surface area contributed by atoms with Crippen LogP contribution in [0.2, 0.25) is 0 Å². The molecule has 0 spiro atoms. The SMILES string of the molecule is Cc1[nH]cnc1CCC(=O)c1cn(C2CCCC2)c2ccccc12.O=C(O)C=CC(=O)O. The molecule has 1 saturated carbocycles. The van der Waals surface area contributed by atoms with Gasteiger partial charge in [-0.15, -0.1) is 0 Å². The largest absolute Gasteiger partial charge is 0.478 e. The summed E-state index contributed by atoms with van der Waals surface area (Å²) in [7, 11) is 0. The number of hydrogen-bond donors (Lipinski definition) is 3. The van der Waals surface area contributed by atoms with Gasteiger partial charge in [-0.05, 0) is 32.3 Å². The van der Waals surface area contributed by atoms with Crippen molar-refractivity contribution in [2.45, 2.75) is 51.5 Å². The second-order valence-corrected chi connectivity index (χ2v) is 7.81. The van der Waals surface area contributed by atoms with Crippen LogP contribution >= 0.6 is 0 Å². The highest BCUT2D eigenvalue weighted by atomic mass is 16.4. The number of aliphatic carboxylic acids is 2. The van der Waals surface area contributed by atoms with Crippen LogP contribution in [0.15, 0.2) is 48.9 Å². The lowest BCUT2D eigenvalue weighted by molar-refractivity contribution is -0.134. The number of hydrogen-bond acceptors (Lipinski definition) is 4. The van der Waals surface area contributed by atoms with Crippen molar-refractivity contribution in [1.82, 2.24) is 14.5 Å². The normalized spacial score (nSPS) is 13.9. The first-order valence-electron chi connectivity index (χ1n) is 10.6. The van der Waals surface area contributed by atoms with Gasteiger partial charge in [-0.1, -0.05) is 31.0 Å². The quantitative estimate of drug-likeness (QED) is 0.373. The van der Waals surface area contributed by atoms with Gasteiger partial charge in [0.1, 0.15) is 0 Å². The Bertz CT molecular complexity index is 1120. The van der Waals surface area contributed by atoms with Crippen molar-refractivity contribution in [3.05, 3.63) is 65.9 Å². The molecule has 1 aliphatic rings. The van der Waals surface area contributed by atoms with Crippen molar-refractivity contribution in [3.8, 4) is 0 Å². The Kier molecular flexibility index (Phi) is 7.59. The molecular weight excluding hydrogens is 410 g/mol. The number of Topliss-reactive ketones (excluding diaryl/α,β-unsaturated/α-hetero) is 1. The van der Waals surface area contributed by atoms with Crippen LogP contribution in [-0.4, -0.2) is 42.5 Å². The summed E-state index contributed by atoms with van der Waals surface area (Å²) in [6.45, 7) is 2.00. The summed E-state index contributed by atoms with van der Waals surface area (Å²) in [5.74, 6) is -2.30. The molecule has 1 fully saturated rings. The molecule has 3 N–H and O–H groups in total. The fourth-order valence-corrected chi connectivity index (χ4v) is 4.06. The number of aromatic nitrogens is 3. The molecule has 32 heavy (non-hydrogen) atoms. The molecule has 2 heterocycles. The minimum atomic E-state index is -1.26. The average Bonchev–Trinajstić information content (AvgIpc) is 3.51. The number of H-pyrrole nitrogens is 1. The maximum absolute atomic E-state index is 12.8. The number of nitrogens with one attached hydrogen (secondary N) is 1. The molecule has 0 aliphatic heterocycles. The van der Waals surface area contributed by atoms with E-state index in [0.717, 1.165) is 22.3 Å². The molecule has 0 amide bonds. The van der Waals surface area contributed by atoms with Gasteiger partial charge in [0, 0.05) is 53.0 Å². The summed E-state index contributed by atoms with van der Waals surface area (Å²) in [6, 6.07) is 8.85. The number of imidazole rings is 1. The molecule has 8 nitrogen and oxygen atoms in total. The van der Waals surface area contributed by atoms with E-state index < -0.39 is 11.9 Å². The van der Waals surface area contributed by atoms with E-state index >= 15 is 0 Å².